The summed E-state index contributed by atoms with van der Waals surface area (Å²) in [7, 11) is 1.64. The van der Waals surface area contributed by atoms with Gasteiger partial charge in [0.1, 0.15) is 5.75 Å². The zero-order valence-electron chi connectivity index (χ0n) is 13.5. The third-order valence-electron chi connectivity index (χ3n) is 4.44. The Morgan fingerprint density at radius 3 is 2.96 bits per heavy atom. The molecule has 0 saturated carbocycles. The normalized spacial score (nSPS) is 18.0. The number of nitrogens with zero attached hydrogens (tertiary/aromatic N) is 3. The zero-order chi connectivity index (χ0) is 16.1. The second-order valence-corrected chi connectivity index (χ2v) is 5.95. The lowest BCUT2D eigenvalue weighted by atomic mass is 10.0. The number of para-hydroxylation sites is 1. The van der Waals surface area contributed by atoms with Crippen LogP contribution in [0.5, 0.6) is 5.75 Å². The maximum absolute atomic E-state index is 12.8. The Kier molecular flexibility index (Phi) is 4.95. The van der Waals surface area contributed by atoms with Crippen LogP contribution in [0.25, 0.3) is 0 Å². The lowest BCUT2D eigenvalue weighted by Gasteiger charge is -2.36. The van der Waals surface area contributed by atoms with Gasteiger partial charge in [0.2, 0.25) is 5.91 Å². The average molecular weight is 313 g/mol. The van der Waals surface area contributed by atoms with Crippen LogP contribution in [0, 0.1) is 0 Å². The minimum Gasteiger partial charge on any atom is -0.496 e. The van der Waals surface area contributed by atoms with Crippen LogP contribution < -0.4 is 4.74 Å². The second-order valence-electron chi connectivity index (χ2n) is 5.95. The van der Waals surface area contributed by atoms with Crippen molar-refractivity contribution in [2.45, 2.75) is 38.3 Å². The molecule has 1 aromatic heterocycles. The van der Waals surface area contributed by atoms with Crippen LogP contribution in [-0.2, 0) is 17.8 Å². The van der Waals surface area contributed by atoms with Gasteiger partial charge in [-0.3, -0.25) is 9.48 Å². The largest absolute Gasteiger partial charge is 0.496 e. The van der Waals surface area contributed by atoms with Crippen molar-refractivity contribution < 1.29 is 9.53 Å². The van der Waals surface area contributed by atoms with Crippen molar-refractivity contribution in [3.63, 3.8) is 0 Å². The van der Waals surface area contributed by atoms with E-state index in [1.165, 1.54) is 6.42 Å². The summed E-state index contributed by atoms with van der Waals surface area (Å²) < 4.78 is 7.28. The van der Waals surface area contributed by atoms with E-state index >= 15 is 0 Å². The lowest BCUT2D eigenvalue weighted by molar-refractivity contribution is -0.134. The fourth-order valence-electron chi connectivity index (χ4n) is 3.26. The molecule has 122 valence electrons. The van der Waals surface area contributed by atoms with Gasteiger partial charge in [0.25, 0.3) is 0 Å². The van der Waals surface area contributed by atoms with Crippen molar-refractivity contribution in [2.75, 3.05) is 13.7 Å². The number of ether oxygens (including phenoxy) is 1. The first-order chi connectivity index (χ1) is 11.3. The SMILES string of the molecule is COc1ccccc1CC(=O)N1CCCC[C@@H]1Cn1cccn1. The van der Waals surface area contributed by atoms with Crippen LogP contribution in [-0.4, -0.2) is 40.3 Å². The molecule has 1 aliphatic heterocycles. The van der Waals surface area contributed by atoms with Gasteiger partial charge in [-0.1, -0.05) is 18.2 Å². The predicted molar refractivity (Wildman–Crippen MR) is 88.3 cm³/mol. The Labute approximate surface area is 136 Å². The van der Waals surface area contributed by atoms with E-state index in [0.717, 1.165) is 37.2 Å². The van der Waals surface area contributed by atoms with Gasteiger partial charge in [0.15, 0.2) is 0 Å². The molecular formula is C18H23N3O2. The summed E-state index contributed by atoms with van der Waals surface area (Å²) in [6, 6.07) is 9.88. The van der Waals surface area contributed by atoms with E-state index < -0.39 is 0 Å². The highest BCUT2D eigenvalue weighted by Gasteiger charge is 2.27. The highest BCUT2D eigenvalue weighted by molar-refractivity contribution is 5.80. The molecule has 0 N–H and O–H groups in total. The Hall–Kier alpha value is -2.30. The van der Waals surface area contributed by atoms with E-state index in [2.05, 4.69) is 5.10 Å². The molecule has 1 amide bonds. The molecule has 0 spiro atoms. The van der Waals surface area contributed by atoms with Crippen molar-refractivity contribution in [1.82, 2.24) is 14.7 Å². The van der Waals surface area contributed by atoms with Crippen molar-refractivity contribution >= 4 is 5.91 Å². The fraction of sp³-hybridized carbons (Fsp3) is 0.444. The quantitative estimate of drug-likeness (QED) is 0.852. The molecule has 1 aromatic carbocycles. The van der Waals surface area contributed by atoms with Gasteiger partial charge in [0.05, 0.1) is 26.1 Å². The number of hydrogen-bond acceptors (Lipinski definition) is 3. The monoisotopic (exact) mass is 313 g/mol. The Morgan fingerprint density at radius 1 is 1.30 bits per heavy atom. The zero-order valence-corrected chi connectivity index (χ0v) is 13.5. The maximum atomic E-state index is 12.8. The molecule has 0 radical (unpaired) electrons. The van der Waals surface area contributed by atoms with E-state index in [4.69, 9.17) is 4.74 Å². The molecule has 0 aliphatic carbocycles. The minimum absolute atomic E-state index is 0.173. The summed E-state index contributed by atoms with van der Waals surface area (Å²) in [5.41, 5.74) is 0.948. The smallest absolute Gasteiger partial charge is 0.227 e. The average Bonchev–Trinajstić information content (AvgIpc) is 3.09. The lowest BCUT2D eigenvalue weighted by Crippen LogP contribution is -2.46. The maximum Gasteiger partial charge on any atom is 0.227 e. The summed E-state index contributed by atoms with van der Waals surface area (Å²) >= 11 is 0. The van der Waals surface area contributed by atoms with Gasteiger partial charge in [-0.25, -0.2) is 0 Å². The number of amides is 1. The minimum atomic E-state index is 0.173. The van der Waals surface area contributed by atoms with Crippen LogP contribution in [0.2, 0.25) is 0 Å². The summed E-state index contributed by atoms with van der Waals surface area (Å²) in [6.45, 7) is 1.60. The summed E-state index contributed by atoms with van der Waals surface area (Å²) in [4.78, 5) is 14.8. The van der Waals surface area contributed by atoms with Crippen molar-refractivity contribution in [3.05, 3.63) is 48.3 Å². The summed E-state index contributed by atoms with van der Waals surface area (Å²) in [5.74, 6) is 0.952. The molecule has 2 aromatic rings. The van der Waals surface area contributed by atoms with Crippen molar-refractivity contribution in [1.29, 1.82) is 0 Å². The van der Waals surface area contributed by atoms with Crippen molar-refractivity contribution in [2.24, 2.45) is 0 Å². The van der Waals surface area contributed by atoms with E-state index in [-0.39, 0.29) is 11.9 Å². The number of carbonyl (C=O) groups is 1. The fourth-order valence-corrected chi connectivity index (χ4v) is 3.26. The summed E-state index contributed by atoms with van der Waals surface area (Å²) in [6.07, 6.45) is 7.41. The van der Waals surface area contributed by atoms with Gasteiger partial charge in [-0.05, 0) is 31.4 Å². The van der Waals surface area contributed by atoms with Crippen LogP contribution in [0.15, 0.2) is 42.7 Å². The number of methoxy groups -OCH3 is 1. The van der Waals surface area contributed by atoms with E-state index in [1.54, 1.807) is 13.3 Å². The highest BCUT2D eigenvalue weighted by atomic mass is 16.5. The Balaban J connectivity index is 1.71. The number of carbonyl (C=O) groups excluding carboxylic acids is 1. The van der Waals surface area contributed by atoms with Gasteiger partial charge in [0, 0.05) is 24.5 Å². The molecule has 5 heteroatoms. The third kappa shape index (κ3) is 3.73. The molecular weight excluding hydrogens is 290 g/mol. The predicted octanol–water partition coefficient (Wildman–Crippen LogP) is 2.52. The first-order valence-corrected chi connectivity index (χ1v) is 8.16. The molecule has 5 nitrogen and oxygen atoms in total. The van der Waals surface area contributed by atoms with E-state index in [1.807, 2.05) is 46.1 Å². The van der Waals surface area contributed by atoms with Crippen LogP contribution in [0.3, 0.4) is 0 Å². The number of rotatable bonds is 5. The topological polar surface area (TPSA) is 47.4 Å². The van der Waals surface area contributed by atoms with Crippen LogP contribution in [0.4, 0.5) is 0 Å². The standard InChI is InChI=1S/C18H23N3O2/c1-23-17-9-3-2-7-15(17)13-18(22)21-12-5-4-8-16(21)14-20-11-6-10-19-20/h2-3,6-7,9-11,16H,4-5,8,12-14H2,1H3/t16-/m1/s1. The third-order valence-corrected chi connectivity index (χ3v) is 4.44. The molecule has 2 heterocycles. The van der Waals surface area contributed by atoms with E-state index in [9.17, 15) is 4.79 Å². The number of hydrogen-bond donors (Lipinski definition) is 0. The number of piperidine rings is 1. The van der Waals surface area contributed by atoms with Crippen LogP contribution in [0.1, 0.15) is 24.8 Å². The number of likely N-dealkylation sites (tertiary alicyclic amines) is 1. The van der Waals surface area contributed by atoms with Gasteiger partial charge in [-0.2, -0.15) is 5.10 Å². The molecule has 0 bridgehead atoms. The summed E-state index contributed by atoms with van der Waals surface area (Å²) in [5, 5.41) is 4.27. The molecule has 1 aliphatic rings. The molecule has 0 unspecified atom stereocenters. The van der Waals surface area contributed by atoms with Gasteiger partial charge in [-0.15, -0.1) is 0 Å². The second kappa shape index (κ2) is 7.31. The Bertz CT molecular complexity index is 639. The van der Waals surface area contributed by atoms with Crippen LogP contribution >= 0.6 is 0 Å². The molecule has 1 fully saturated rings. The van der Waals surface area contributed by atoms with Gasteiger partial charge >= 0.3 is 0 Å². The molecule has 3 rings (SSSR count). The Morgan fingerprint density at radius 2 is 2.17 bits per heavy atom. The molecule has 1 saturated heterocycles. The van der Waals surface area contributed by atoms with Crippen molar-refractivity contribution in [3.8, 4) is 5.75 Å². The number of benzene rings is 1. The van der Waals surface area contributed by atoms with Gasteiger partial charge < -0.3 is 9.64 Å². The molecule has 23 heavy (non-hydrogen) atoms. The molecule has 1 atom stereocenters. The first-order valence-electron chi connectivity index (χ1n) is 8.16. The number of aromatic nitrogens is 2. The van der Waals surface area contributed by atoms with E-state index in [0.29, 0.717) is 6.42 Å². The first kappa shape index (κ1) is 15.6. The highest BCUT2D eigenvalue weighted by Crippen LogP contribution is 2.23.